The number of hydrogen-bond acceptors (Lipinski definition) is 4. The monoisotopic (exact) mass is 357 g/mol. The predicted octanol–water partition coefficient (Wildman–Crippen LogP) is 3.56. The number of fused-ring (bicyclic) bond motifs is 1. The van der Waals surface area contributed by atoms with E-state index < -0.39 is 0 Å². The number of ether oxygens (including phenoxy) is 2. The molecule has 0 unspecified atom stereocenters. The maximum Gasteiger partial charge on any atom is 0.240 e. The Hall–Kier alpha value is -2.60. The Balaban J connectivity index is 1.86. The molecular formula is C20H24FN3O2. The molecule has 0 fully saturated rings. The topological polar surface area (TPSA) is 39.5 Å². The van der Waals surface area contributed by atoms with Crippen molar-refractivity contribution in [3.8, 4) is 11.6 Å². The van der Waals surface area contributed by atoms with Crippen molar-refractivity contribution in [2.75, 3.05) is 34.4 Å². The Bertz CT molecular complexity index is 859. The number of hydrogen-bond donors (Lipinski definition) is 0. The van der Waals surface area contributed by atoms with Crippen LogP contribution in [0, 0.1) is 5.82 Å². The minimum Gasteiger partial charge on any atom is -0.497 e. The molecule has 26 heavy (non-hydrogen) atoms. The van der Waals surface area contributed by atoms with Gasteiger partial charge in [-0.05, 0) is 56.4 Å². The summed E-state index contributed by atoms with van der Waals surface area (Å²) in [5.41, 5.74) is 1.93. The molecule has 1 aromatic heterocycles. The minimum atomic E-state index is -0.242. The Kier molecular flexibility index (Phi) is 5.73. The fraction of sp³-hybridized carbons (Fsp3) is 0.350. The molecule has 0 aliphatic carbocycles. The summed E-state index contributed by atoms with van der Waals surface area (Å²) < 4.78 is 26.3. The third-order valence-corrected chi connectivity index (χ3v) is 4.16. The van der Waals surface area contributed by atoms with Crippen LogP contribution in [0.1, 0.15) is 12.0 Å². The van der Waals surface area contributed by atoms with Crippen LogP contribution >= 0.6 is 0 Å². The predicted molar refractivity (Wildman–Crippen MR) is 100 cm³/mol. The lowest BCUT2D eigenvalue weighted by molar-refractivity contribution is 0.273. The van der Waals surface area contributed by atoms with Crippen molar-refractivity contribution in [3.05, 3.63) is 53.8 Å². The van der Waals surface area contributed by atoms with Crippen LogP contribution in [0.4, 0.5) is 4.39 Å². The second kappa shape index (κ2) is 8.19. The third-order valence-electron chi connectivity index (χ3n) is 4.16. The summed E-state index contributed by atoms with van der Waals surface area (Å²) in [6, 6.07) is 12.3. The highest BCUT2D eigenvalue weighted by Gasteiger charge is 2.13. The Morgan fingerprint density at radius 2 is 1.88 bits per heavy atom. The van der Waals surface area contributed by atoms with Crippen molar-refractivity contribution in [2.45, 2.75) is 13.0 Å². The van der Waals surface area contributed by atoms with E-state index in [0.29, 0.717) is 19.0 Å². The molecule has 5 nitrogen and oxygen atoms in total. The first kappa shape index (κ1) is 18.2. The van der Waals surface area contributed by atoms with E-state index in [1.54, 1.807) is 19.2 Å². The molecule has 0 saturated heterocycles. The molecule has 3 aromatic rings. The zero-order chi connectivity index (χ0) is 18.5. The van der Waals surface area contributed by atoms with Crippen LogP contribution in [0.5, 0.6) is 11.6 Å². The molecule has 0 N–H and O–H groups in total. The van der Waals surface area contributed by atoms with E-state index in [2.05, 4.69) is 10.00 Å². The SMILES string of the molecule is COc1ccc2c(c1)c(OCCCN(C)C)nn2Cc1ccc(F)cc1. The molecule has 0 saturated carbocycles. The van der Waals surface area contributed by atoms with Gasteiger partial charge in [0.15, 0.2) is 0 Å². The Morgan fingerprint density at radius 3 is 2.58 bits per heavy atom. The van der Waals surface area contributed by atoms with Gasteiger partial charge in [0.1, 0.15) is 11.6 Å². The van der Waals surface area contributed by atoms with E-state index in [-0.39, 0.29) is 5.82 Å². The highest BCUT2D eigenvalue weighted by molar-refractivity contribution is 5.86. The van der Waals surface area contributed by atoms with Gasteiger partial charge in [-0.3, -0.25) is 4.68 Å². The minimum absolute atomic E-state index is 0.242. The van der Waals surface area contributed by atoms with Gasteiger partial charge >= 0.3 is 0 Å². The van der Waals surface area contributed by atoms with Crippen molar-refractivity contribution in [1.82, 2.24) is 14.7 Å². The lowest BCUT2D eigenvalue weighted by atomic mass is 10.2. The molecular weight excluding hydrogens is 333 g/mol. The van der Waals surface area contributed by atoms with Gasteiger partial charge in [0, 0.05) is 6.54 Å². The lowest BCUT2D eigenvalue weighted by Crippen LogP contribution is -2.15. The average Bonchev–Trinajstić information content (AvgIpc) is 2.97. The number of methoxy groups -OCH3 is 1. The van der Waals surface area contributed by atoms with E-state index in [1.807, 2.05) is 37.0 Å². The van der Waals surface area contributed by atoms with Crippen molar-refractivity contribution in [2.24, 2.45) is 0 Å². The number of aromatic nitrogens is 2. The van der Waals surface area contributed by atoms with Crippen LogP contribution < -0.4 is 9.47 Å². The van der Waals surface area contributed by atoms with Gasteiger partial charge in [-0.15, -0.1) is 5.10 Å². The Morgan fingerprint density at radius 1 is 1.12 bits per heavy atom. The van der Waals surface area contributed by atoms with Crippen molar-refractivity contribution in [3.63, 3.8) is 0 Å². The van der Waals surface area contributed by atoms with Crippen molar-refractivity contribution in [1.29, 1.82) is 0 Å². The van der Waals surface area contributed by atoms with E-state index in [9.17, 15) is 4.39 Å². The largest absolute Gasteiger partial charge is 0.497 e. The standard InChI is InChI=1S/C20H24FN3O2/c1-23(2)11-4-12-26-20-18-13-17(25-3)9-10-19(18)24(22-20)14-15-5-7-16(21)8-6-15/h5-10,13H,4,11-12,14H2,1-3H3. The van der Waals surface area contributed by atoms with Crippen LogP contribution in [-0.4, -0.2) is 49.0 Å². The van der Waals surface area contributed by atoms with Gasteiger partial charge in [-0.2, -0.15) is 0 Å². The van der Waals surface area contributed by atoms with Crippen LogP contribution in [0.15, 0.2) is 42.5 Å². The summed E-state index contributed by atoms with van der Waals surface area (Å²) in [6.45, 7) is 2.10. The fourth-order valence-corrected chi connectivity index (χ4v) is 2.80. The molecule has 6 heteroatoms. The normalized spacial score (nSPS) is 11.3. The van der Waals surface area contributed by atoms with Crippen molar-refractivity contribution >= 4 is 10.9 Å². The zero-order valence-corrected chi connectivity index (χ0v) is 15.4. The number of rotatable bonds is 8. The molecule has 0 aliphatic heterocycles. The smallest absolute Gasteiger partial charge is 0.240 e. The van der Waals surface area contributed by atoms with Gasteiger partial charge in [-0.25, -0.2) is 4.39 Å². The van der Waals surface area contributed by atoms with Crippen LogP contribution in [0.2, 0.25) is 0 Å². The molecule has 1 heterocycles. The second-order valence-electron chi connectivity index (χ2n) is 6.48. The fourth-order valence-electron chi connectivity index (χ4n) is 2.80. The molecule has 0 amide bonds. The summed E-state index contributed by atoms with van der Waals surface area (Å²) >= 11 is 0. The first-order valence-electron chi connectivity index (χ1n) is 8.63. The van der Waals surface area contributed by atoms with Gasteiger partial charge in [0.05, 0.1) is 31.2 Å². The second-order valence-corrected chi connectivity index (χ2v) is 6.48. The summed E-state index contributed by atoms with van der Waals surface area (Å²) in [7, 11) is 5.72. The van der Waals surface area contributed by atoms with E-state index in [4.69, 9.17) is 9.47 Å². The quantitative estimate of drug-likeness (QED) is 0.578. The third kappa shape index (κ3) is 4.32. The first-order chi connectivity index (χ1) is 12.6. The van der Waals surface area contributed by atoms with E-state index in [1.165, 1.54) is 12.1 Å². The first-order valence-corrected chi connectivity index (χ1v) is 8.63. The summed E-state index contributed by atoms with van der Waals surface area (Å²) in [6.07, 6.45) is 0.920. The Labute approximate surface area is 152 Å². The molecule has 0 spiro atoms. The molecule has 0 atom stereocenters. The van der Waals surface area contributed by atoms with Gasteiger partial charge in [0.2, 0.25) is 5.88 Å². The number of halogens is 1. The number of nitrogens with zero attached hydrogens (tertiary/aromatic N) is 3. The highest BCUT2D eigenvalue weighted by atomic mass is 19.1. The summed E-state index contributed by atoms with van der Waals surface area (Å²) in [5, 5.41) is 5.54. The van der Waals surface area contributed by atoms with E-state index in [0.717, 1.165) is 35.2 Å². The van der Waals surface area contributed by atoms with Gasteiger partial charge in [0.25, 0.3) is 0 Å². The van der Waals surface area contributed by atoms with Crippen LogP contribution in [0.3, 0.4) is 0 Å². The molecule has 0 bridgehead atoms. The van der Waals surface area contributed by atoms with E-state index >= 15 is 0 Å². The van der Waals surface area contributed by atoms with Crippen molar-refractivity contribution < 1.29 is 13.9 Å². The molecule has 2 aromatic carbocycles. The number of benzene rings is 2. The summed E-state index contributed by atoms with van der Waals surface area (Å²) in [5.74, 6) is 1.12. The molecule has 0 radical (unpaired) electrons. The van der Waals surface area contributed by atoms with Crippen LogP contribution in [-0.2, 0) is 6.54 Å². The molecule has 0 aliphatic rings. The maximum absolute atomic E-state index is 13.1. The average molecular weight is 357 g/mol. The molecule has 138 valence electrons. The molecule has 3 rings (SSSR count). The van der Waals surface area contributed by atoms with Gasteiger partial charge in [-0.1, -0.05) is 12.1 Å². The highest BCUT2D eigenvalue weighted by Crippen LogP contribution is 2.29. The summed E-state index contributed by atoms with van der Waals surface area (Å²) in [4.78, 5) is 2.12. The maximum atomic E-state index is 13.1. The zero-order valence-electron chi connectivity index (χ0n) is 15.4. The lowest BCUT2D eigenvalue weighted by Gasteiger charge is -2.09. The van der Waals surface area contributed by atoms with Crippen LogP contribution in [0.25, 0.3) is 10.9 Å². The van der Waals surface area contributed by atoms with Gasteiger partial charge < -0.3 is 14.4 Å².